The molecule has 1 aliphatic rings. The molecule has 2 aromatic rings. The van der Waals surface area contributed by atoms with Gasteiger partial charge in [-0.1, -0.05) is 6.07 Å². The van der Waals surface area contributed by atoms with Gasteiger partial charge in [0.25, 0.3) is 0 Å². The molecule has 1 aromatic carbocycles. The Hall–Kier alpha value is -1.03. The normalized spacial score (nSPS) is 16.7. The lowest BCUT2D eigenvalue weighted by molar-refractivity contribution is 0.412. The van der Waals surface area contributed by atoms with Gasteiger partial charge in [0.15, 0.2) is 0 Å². The zero-order valence-electron chi connectivity index (χ0n) is 13.2. The zero-order chi connectivity index (χ0) is 14.7. The third-order valence-corrected chi connectivity index (χ3v) is 5.35. The largest absolute Gasteiger partial charge is 0.497 e. The first-order chi connectivity index (χ1) is 10.3. The molecule has 120 valence electrons. The molecule has 0 fully saturated rings. The van der Waals surface area contributed by atoms with Gasteiger partial charge in [-0.3, -0.25) is 0 Å². The molecule has 1 heterocycles. The molecular weight excluding hydrogens is 314 g/mol. The molecule has 1 aliphatic carbocycles. The molecule has 0 amide bonds. The number of hydrogen-bond acceptors (Lipinski definition) is 3. The molecule has 4 heteroatoms. The number of halogens is 1. The maximum atomic E-state index is 5.34. The minimum absolute atomic E-state index is 0. The zero-order valence-corrected chi connectivity index (χ0v) is 14.9. The fourth-order valence-corrected chi connectivity index (χ4v) is 3.93. The number of rotatable bonds is 5. The maximum absolute atomic E-state index is 5.34. The van der Waals surface area contributed by atoms with Crippen LogP contribution in [0.2, 0.25) is 0 Å². The van der Waals surface area contributed by atoms with Gasteiger partial charge >= 0.3 is 0 Å². The Balaban J connectivity index is 0.00000176. The van der Waals surface area contributed by atoms with Crippen molar-refractivity contribution in [2.75, 3.05) is 13.7 Å². The maximum Gasteiger partial charge on any atom is 0.119 e. The molecule has 1 aromatic heterocycles. The summed E-state index contributed by atoms with van der Waals surface area (Å²) in [5, 5.41) is 5.82. The molecule has 1 atom stereocenters. The monoisotopic (exact) mass is 337 g/mol. The van der Waals surface area contributed by atoms with E-state index < -0.39 is 0 Å². The van der Waals surface area contributed by atoms with E-state index in [0.29, 0.717) is 5.92 Å². The summed E-state index contributed by atoms with van der Waals surface area (Å²) in [6.07, 6.45) is 3.76. The molecule has 3 rings (SSSR count). The number of hydrogen-bond donors (Lipinski definition) is 1. The van der Waals surface area contributed by atoms with Gasteiger partial charge in [-0.05, 0) is 72.4 Å². The average molecular weight is 338 g/mol. The van der Waals surface area contributed by atoms with Crippen molar-refractivity contribution in [3.8, 4) is 5.75 Å². The number of fused-ring (bicyclic) bond motifs is 1. The van der Waals surface area contributed by atoms with E-state index in [-0.39, 0.29) is 12.4 Å². The number of methoxy groups -OCH3 is 1. The topological polar surface area (TPSA) is 21.3 Å². The van der Waals surface area contributed by atoms with Crippen LogP contribution in [0.25, 0.3) is 0 Å². The minimum Gasteiger partial charge on any atom is -0.497 e. The van der Waals surface area contributed by atoms with E-state index >= 15 is 0 Å². The summed E-state index contributed by atoms with van der Waals surface area (Å²) in [6, 6.07) is 8.80. The van der Waals surface area contributed by atoms with Crippen molar-refractivity contribution in [3.05, 3.63) is 51.2 Å². The van der Waals surface area contributed by atoms with Gasteiger partial charge in [0, 0.05) is 18.0 Å². The summed E-state index contributed by atoms with van der Waals surface area (Å²) >= 11 is 1.83. The van der Waals surface area contributed by atoms with Gasteiger partial charge in [-0.15, -0.1) is 23.7 Å². The summed E-state index contributed by atoms with van der Waals surface area (Å²) in [7, 11) is 1.74. The van der Waals surface area contributed by atoms with E-state index in [1.54, 1.807) is 7.11 Å². The highest BCUT2D eigenvalue weighted by Crippen LogP contribution is 2.33. The molecule has 0 radical (unpaired) electrons. The van der Waals surface area contributed by atoms with Crippen LogP contribution in [0.4, 0.5) is 0 Å². The third kappa shape index (κ3) is 3.83. The Morgan fingerprint density at radius 3 is 2.91 bits per heavy atom. The summed E-state index contributed by atoms with van der Waals surface area (Å²) in [5.41, 5.74) is 4.42. The molecule has 0 aliphatic heterocycles. The highest BCUT2D eigenvalue weighted by Gasteiger charge is 2.20. The lowest BCUT2D eigenvalue weighted by Crippen LogP contribution is -2.24. The van der Waals surface area contributed by atoms with E-state index in [4.69, 9.17) is 4.74 Å². The molecule has 2 nitrogen and oxygen atoms in total. The van der Waals surface area contributed by atoms with E-state index in [2.05, 4.69) is 41.9 Å². The molecule has 0 bridgehead atoms. The van der Waals surface area contributed by atoms with Crippen LogP contribution in [-0.2, 0) is 13.0 Å². The minimum atomic E-state index is 0. The van der Waals surface area contributed by atoms with E-state index in [1.807, 2.05) is 11.3 Å². The second kappa shape index (κ2) is 8.00. The number of aryl methyl sites for hydroxylation is 2. The van der Waals surface area contributed by atoms with E-state index in [9.17, 15) is 0 Å². The van der Waals surface area contributed by atoms with Gasteiger partial charge in [0.1, 0.15) is 5.75 Å². The predicted molar refractivity (Wildman–Crippen MR) is 96.7 cm³/mol. The molecule has 0 saturated heterocycles. The van der Waals surface area contributed by atoms with Crippen molar-refractivity contribution in [2.24, 2.45) is 0 Å². The predicted octanol–water partition coefficient (Wildman–Crippen LogP) is 4.70. The Kier molecular flexibility index (Phi) is 6.30. The molecule has 0 spiro atoms. The van der Waals surface area contributed by atoms with Gasteiger partial charge in [0.05, 0.1) is 7.11 Å². The lowest BCUT2D eigenvalue weighted by atomic mass is 9.82. The summed E-state index contributed by atoms with van der Waals surface area (Å²) in [4.78, 5) is 1.43. The van der Waals surface area contributed by atoms with Gasteiger partial charge in [-0.25, -0.2) is 0 Å². The lowest BCUT2D eigenvalue weighted by Gasteiger charge is -2.26. The van der Waals surface area contributed by atoms with Crippen molar-refractivity contribution in [1.82, 2.24) is 5.32 Å². The van der Waals surface area contributed by atoms with Crippen molar-refractivity contribution in [2.45, 2.75) is 38.6 Å². The number of nitrogens with one attached hydrogen (secondary N) is 1. The molecular formula is C18H24ClNOS. The van der Waals surface area contributed by atoms with Crippen LogP contribution in [0.3, 0.4) is 0 Å². The number of thiophene rings is 1. The molecule has 1 N–H and O–H groups in total. The van der Waals surface area contributed by atoms with Crippen LogP contribution in [0.15, 0.2) is 29.6 Å². The quantitative estimate of drug-likeness (QED) is 0.854. The van der Waals surface area contributed by atoms with Crippen LogP contribution in [-0.4, -0.2) is 13.7 Å². The Labute approximate surface area is 143 Å². The molecule has 0 saturated carbocycles. The average Bonchev–Trinajstić information content (AvgIpc) is 2.92. The smallest absolute Gasteiger partial charge is 0.119 e. The Bertz CT molecular complexity index is 611. The van der Waals surface area contributed by atoms with Gasteiger partial charge in [0.2, 0.25) is 0 Å². The summed E-state index contributed by atoms with van der Waals surface area (Å²) < 4.78 is 5.34. The van der Waals surface area contributed by atoms with Crippen LogP contribution in [0.1, 0.15) is 40.3 Å². The molecule has 22 heavy (non-hydrogen) atoms. The fourth-order valence-electron chi connectivity index (χ4n) is 3.21. The summed E-state index contributed by atoms with van der Waals surface area (Å²) in [5.74, 6) is 1.62. The highest BCUT2D eigenvalue weighted by molar-refractivity contribution is 7.10. The first kappa shape index (κ1) is 17.3. The van der Waals surface area contributed by atoms with Crippen molar-refractivity contribution in [1.29, 1.82) is 0 Å². The second-order valence-electron chi connectivity index (χ2n) is 5.79. The third-order valence-electron chi connectivity index (χ3n) is 4.46. The van der Waals surface area contributed by atoms with Gasteiger partial charge < -0.3 is 10.1 Å². The standard InChI is InChI=1S/C18H23NOS.ClH/c1-13-15(8-9-21-13)11-19-12-16-5-3-4-14-10-17(20-2)6-7-18(14)16;/h6-10,16,19H,3-5,11-12H2,1-2H3;1H. The van der Waals surface area contributed by atoms with Crippen molar-refractivity contribution < 1.29 is 4.74 Å². The fraction of sp³-hybridized carbons (Fsp3) is 0.444. The van der Waals surface area contributed by atoms with Gasteiger partial charge in [-0.2, -0.15) is 0 Å². The van der Waals surface area contributed by atoms with Crippen LogP contribution < -0.4 is 10.1 Å². The van der Waals surface area contributed by atoms with Crippen molar-refractivity contribution >= 4 is 23.7 Å². The van der Waals surface area contributed by atoms with Crippen LogP contribution in [0, 0.1) is 6.92 Å². The number of benzene rings is 1. The van der Waals surface area contributed by atoms with Crippen LogP contribution in [0.5, 0.6) is 5.75 Å². The first-order valence-electron chi connectivity index (χ1n) is 7.68. The van der Waals surface area contributed by atoms with Crippen LogP contribution >= 0.6 is 23.7 Å². The summed E-state index contributed by atoms with van der Waals surface area (Å²) in [6.45, 7) is 4.25. The highest BCUT2D eigenvalue weighted by atomic mass is 35.5. The SMILES string of the molecule is COc1ccc2c(c1)CCCC2CNCc1ccsc1C.Cl. The first-order valence-corrected chi connectivity index (χ1v) is 8.56. The Morgan fingerprint density at radius 1 is 1.32 bits per heavy atom. The van der Waals surface area contributed by atoms with E-state index in [1.165, 1.54) is 40.8 Å². The Morgan fingerprint density at radius 2 is 2.18 bits per heavy atom. The van der Waals surface area contributed by atoms with Crippen molar-refractivity contribution in [3.63, 3.8) is 0 Å². The second-order valence-corrected chi connectivity index (χ2v) is 6.91. The van der Waals surface area contributed by atoms with E-state index in [0.717, 1.165) is 18.8 Å². The molecule has 1 unspecified atom stereocenters. The number of ether oxygens (including phenoxy) is 1.